The van der Waals surface area contributed by atoms with Gasteiger partial charge in [-0.05, 0) is 55.9 Å². The van der Waals surface area contributed by atoms with Crippen molar-refractivity contribution in [3.8, 4) is 5.75 Å². The molecule has 0 aliphatic carbocycles. The van der Waals surface area contributed by atoms with Gasteiger partial charge in [0, 0.05) is 10.5 Å². The second-order valence-electron chi connectivity index (χ2n) is 5.93. The van der Waals surface area contributed by atoms with E-state index in [0.717, 1.165) is 29.7 Å². The van der Waals surface area contributed by atoms with Crippen LogP contribution in [0.15, 0.2) is 18.2 Å². The molecule has 2 bridgehead atoms. The Bertz CT molecular complexity index is 460. The average molecular weight is 278 g/mol. The molecule has 2 heterocycles. The van der Waals surface area contributed by atoms with E-state index in [1.54, 1.807) is 7.11 Å². The lowest BCUT2D eigenvalue weighted by molar-refractivity contribution is 0.00754. The standard InChI is InChI=1S/C16H22O2S/c1-11-8-12(18-2)6-7-15(11)16(17)9-13-4-3-5-14(10-16)19-13/h6-8,13-14,17H,3-5,9-10H2,1-2H3. The van der Waals surface area contributed by atoms with Crippen molar-refractivity contribution in [2.45, 2.75) is 55.1 Å². The number of rotatable bonds is 2. The van der Waals surface area contributed by atoms with Crippen LogP contribution in [0.25, 0.3) is 0 Å². The predicted octanol–water partition coefficient (Wildman–Crippen LogP) is 3.64. The molecule has 2 saturated heterocycles. The number of thioether (sulfide) groups is 1. The predicted molar refractivity (Wildman–Crippen MR) is 79.9 cm³/mol. The first kappa shape index (κ1) is 13.3. The molecule has 0 amide bonds. The maximum absolute atomic E-state index is 11.1. The van der Waals surface area contributed by atoms with Gasteiger partial charge in [-0.25, -0.2) is 0 Å². The van der Waals surface area contributed by atoms with E-state index in [1.807, 2.05) is 12.1 Å². The number of fused-ring (bicyclic) bond motifs is 2. The minimum Gasteiger partial charge on any atom is -0.497 e. The topological polar surface area (TPSA) is 29.5 Å². The highest BCUT2D eigenvalue weighted by Gasteiger charge is 2.43. The molecule has 0 aromatic heterocycles. The number of methoxy groups -OCH3 is 1. The third-order valence-corrected chi connectivity index (χ3v) is 6.08. The van der Waals surface area contributed by atoms with Crippen LogP contribution < -0.4 is 4.74 Å². The molecular weight excluding hydrogens is 256 g/mol. The van der Waals surface area contributed by atoms with Crippen molar-refractivity contribution in [2.24, 2.45) is 0 Å². The maximum atomic E-state index is 11.1. The second kappa shape index (κ2) is 5.02. The van der Waals surface area contributed by atoms with E-state index in [9.17, 15) is 5.11 Å². The number of ether oxygens (including phenoxy) is 1. The third-order valence-electron chi connectivity index (χ3n) is 4.50. The van der Waals surface area contributed by atoms with Gasteiger partial charge in [-0.1, -0.05) is 12.5 Å². The Kier molecular flexibility index (Phi) is 3.52. The molecule has 0 saturated carbocycles. The van der Waals surface area contributed by atoms with Crippen LogP contribution in [-0.4, -0.2) is 22.7 Å². The summed E-state index contributed by atoms with van der Waals surface area (Å²) in [5.74, 6) is 0.871. The van der Waals surface area contributed by atoms with Gasteiger partial charge in [-0.15, -0.1) is 0 Å². The van der Waals surface area contributed by atoms with Crippen LogP contribution in [-0.2, 0) is 5.60 Å². The van der Waals surface area contributed by atoms with Gasteiger partial charge < -0.3 is 9.84 Å². The molecule has 2 atom stereocenters. The minimum absolute atomic E-state index is 0.628. The van der Waals surface area contributed by atoms with Crippen LogP contribution in [0.2, 0.25) is 0 Å². The van der Waals surface area contributed by atoms with Crippen LogP contribution in [0.5, 0.6) is 5.75 Å². The summed E-state index contributed by atoms with van der Waals surface area (Å²) >= 11 is 2.10. The summed E-state index contributed by atoms with van der Waals surface area (Å²) in [5, 5.41) is 12.4. The Morgan fingerprint density at radius 1 is 1.26 bits per heavy atom. The summed E-state index contributed by atoms with van der Waals surface area (Å²) in [6.07, 6.45) is 5.67. The van der Waals surface area contributed by atoms with E-state index in [4.69, 9.17) is 4.74 Å². The highest BCUT2D eigenvalue weighted by atomic mass is 32.2. The SMILES string of the molecule is COc1ccc(C2(O)CC3CCCC(C2)S3)c(C)c1. The Morgan fingerprint density at radius 2 is 1.95 bits per heavy atom. The van der Waals surface area contributed by atoms with E-state index >= 15 is 0 Å². The lowest BCUT2D eigenvalue weighted by atomic mass is 9.79. The molecule has 2 aliphatic heterocycles. The molecule has 1 aromatic rings. The third kappa shape index (κ3) is 2.50. The monoisotopic (exact) mass is 278 g/mol. The molecule has 0 radical (unpaired) electrons. The quantitative estimate of drug-likeness (QED) is 0.895. The fraction of sp³-hybridized carbons (Fsp3) is 0.625. The van der Waals surface area contributed by atoms with Crippen molar-refractivity contribution in [2.75, 3.05) is 7.11 Å². The molecule has 2 aliphatic rings. The first-order valence-electron chi connectivity index (χ1n) is 7.14. The highest BCUT2D eigenvalue weighted by Crippen LogP contribution is 2.50. The van der Waals surface area contributed by atoms with Gasteiger partial charge in [0.1, 0.15) is 5.75 Å². The van der Waals surface area contributed by atoms with Gasteiger partial charge in [-0.3, -0.25) is 0 Å². The number of benzene rings is 1. The van der Waals surface area contributed by atoms with Crippen LogP contribution in [0.4, 0.5) is 0 Å². The molecule has 2 unspecified atom stereocenters. The molecule has 0 spiro atoms. The lowest BCUT2D eigenvalue weighted by Gasteiger charge is -2.44. The zero-order valence-corrected chi connectivity index (χ0v) is 12.5. The summed E-state index contributed by atoms with van der Waals surface area (Å²) < 4.78 is 5.26. The smallest absolute Gasteiger partial charge is 0.119 e. The van der Waals surface area contributed by atoms with Gasteiger partial charge >= 0.3 is 0 Å². The van der Waals surface area contributed by atoms with Gasteiger partial charge in [0.25, 0.3) is 0 Å². The summed E-state index contributed by atoms with van der Waals surface area (Å²) in [4.78, 5) is 0. The molecule has 1 N–H and O–H groups in total. The first-order chi connectivity index (χ1) is 9.10. The van der Waals surface area contributed by atoms with E-state index in [0.29, 0.717) is 10.5 Å². The van der Waals surface area contributed by atoms with Gasteiger partial charge in [0.2, 0.25) is 0 Å². The van der Waals surface area contributed by atoms with Crippen LogP contribution in [0, 0.1) is 6.92 Å². The van der Waals surface area contributed by atoms with E-state index in [-0.39, 0.29) is 0 Å². The van der Waals surface area contributed by atoms with Crippen molar-refractivity contribution in [3.63, 3.8) is 0 Å². The Morgan fingerprint density at radius 3 is 2.53 bits per heavy atom. The van der Waals surface area contributed by atoms with Crippen LogP contribution in [0.3, 0.4) is 0 Å². The molecule has 2 fully saturated rings. The molecule has 1 aromatic carbocycles. The van der Waals surface area contributed by atoms with Crippen molar-refractivity contribution in [3.05, 3.63) is 29.3 Å². The number of hydrogen-bond acceptors (Lipinski definition) is 3. The minimum atomic E-state index is -0.628. The summed E-state index contributed by atoms with van der Waals surface area (Å²) in [6.45, 7) is 2.08. The van der Waals surface area contributed by atoms with Gasteiger partial charge in [-0.2, -0.15) is 11.8 Å². The van der Waals surface area contributed by atoms with Crippen molar-refractivity contribution in [1.82, 2.24) is 0 Å². The number of hydrogen-bond donors (Lipinski definition) is 1. The van der Waals surface area contributed by atoms with Crippen molar-refractivity contribution in [1.29, 1.82) is 0 Å². The fourth-order valence-corrected chi connectivity index (χ4v) is 5.52. The zero-order valence-electron chi connectivity index (χ0n) is 11.7. The van der Waals surface area contributed by atoms with Gasteiger partial charge in [0.05, 0.1) is 12.7 Å². The first-order valence-corrected chi connectivity index (χ1v) is 8.08. The molecule has 3 rings (SSSR count). The van der Waals surface area contributed by atoms with Crippen molar-refractivity contribution >= 4 is 11.8 Å². The fourth-order valence-electron chi connectivity index (χ4n) is 3.62. The average Bonchev–Trinajstić information content (AvgIpc) is 2.37. The molecule has 3 heteroatoms. The summed E-state index contributed by atoms with van der Waals surface area (Å²) in [5.41, 5.74) is 1.62. The largest absolute Gasteiger partial charge is 0.497 e. The molecule has 104 valence electrons. The normalized spacial score (nSPS) is 34.1. The van der Waals surface area contributed by atoms with Crippen LogP contribution in [0.1, 0.15) is 43.2 Å². The number of aryl methyl sites for hydroxylation is 1. The van der Waals surface area contributed by atoms with E-state index in [2.05, 4.69) is 24.8 Å². The summed E-state index contributed by atoms with van der Waals surface area (Å²) in [6, 6.07) is 6.06. The van der Waals surface area contributed by atoms with Crippen LogP contribution >= 0.6 is 11.8 Å². The zero-order chi connectivity index (χ0) is 13.5. The Balaban J connectivity index is 1.91. The second-order valence-corrected chi connectivity index (χ2v) is 7.54. The lowest BCUT2D eigenvalue weighted by Crippen LogP contribution is -2.41. The Hall–Kier alpha value is -0.670. The molecular formula is C16H22O2S. The molecule has 19 heavy (non-hydrogen) atoms. The van der Waals surface area contributed by atoms with Gasteiger partial charge in [0.15, 0.2) is 0 Å². The maximum Gasteiger partial charge on any atom is 0.119 e. The summed E-state index contributed by atoms with van der Waals surface area (Å²) in [7, 11) is 1.69. The number of aliphatic hydroxyl groups is 1. The highest BCUT2D eigenvalue weighted by molar-refractivity contribution is 8.00. The van der Waals surface area contributed by atoms with E-state index in [1.165, 1.54) is 19.3 Å². The Labute approximate surface area is 119 Å². The van der Waals surface area contributed by atoms with E-state index < -0.39 is 5.60 Å². The molecule has 2 nitrogen and oxygen atoms in total. The van der Waals surface area contributed by atoms with Crippen molar-refractivity contribution < 1.29 is 9.84 Å².